The highest BCUT2D eigenvalue weighted by molar-refractivity contribution is 5.83. The molecule has 7 heteroatoms. The van der Waals surface area contributed by atoms with E-state index in [1.54, 1.807) is 19.4 Å². The Hall–Kier alpha value is -1.89. The lowest BCUT2D eigenvalue weighted by atomic mass is 10.2. The Kier molecular flexibility index (Phi) is 4.19. The summed E-state index contributed by atoms with van der Waals surface area (Å²) >= 11 is 0. The second kappa shape index (κ2) is 6.26. The molecule has 21 heavy (non-hydrogen) atoms. The maximum absolute atomic E-state index is 12.5. The van der Waals surface area contributed by atoms with E-state index in [-0.39, 0.29) is 11.9 Å². The van der Waals surface area contributed by atoms with Crippen LogP contribution in [0.25, 0.3) is 0 Å². The maximum atomic E-state index is 12.5. The number of carbonyl (C=O) groups is 1. The lowest BCUT2D eigenvalue weighted by molar-refractivity contribution is -0.132. The maximum Gasteiger partial charge on any atom is 0.241 e. The normalized spacial score (nSPS) is 22.4. The Bertz CT molecular complexity index is 504. The molecule has 2 saturated heterocycles. The average molecular weight is 291 g/mol. The van der Waals surface area contributed by atoms with E-state index in [4.69, 9.17) is 4.74 Å². The van der Waals surface area contributed by atoms with E-state index in [1.165, 1.54) is 0 Å². The summed E-state index contributed by atoms with van der Waals surface area (Å²) in [4.78, 5) is 25.1. The van der Waals surface area contributed by atoms with Gasteiger partial charge >= 0.3 is 0 Å². The van der Waals surface area contributed by atoms with Crippen molar-refractivity contribution in [2.24, 2.45) is 0 Å². The van der Waals surface area contributed by atoms with Crippen molar-refractivity contribution in [1.82, 2.24) is 20.2 Å². The fourth-order valence-corrected chi connectivity index (χ4v) is 2.85. The molecule has 0 aromatic carbocycles. The summed E-state index contributed by atoms with van der Waals surface area (Å²) in [5.74, 6) is 1.36. The number of anilines is 1. The monoisotopic (exact) mass is 291 g/mol. The first-order valence-corrected chi connectivity index (χ1v) is 7.42. The molecule has 1 aromatic rings. The van der Waals surface area contributed by atoms with Crippen molar-refractivity contribution >= 4 is 11.9 Å². The summed E-state index contributed by atoms with van der Waals surface area (Å²) in [6.07, 6.45) is 3.91. The van der Waals surface area contributed by atoms with Crippen molar-refractivity contribution in [2.45, 2.75) is 18.9 Å². The van der Waals surface area contributed by atoms with Crippen molar-refractivity contribution in [3.8, 4) is 5.88 Å². The molecule has 0 spiro atoms. The standard InChI is InChI=1S/C14H21N5O2/c1-21-12-4-5-16-14(17-12)19-9-6-15-11(10-19)13(20)18-7-2-3-8-18/h4-5,11,15H,2-3,6-10H2,1H3. The number of nitrogens with one attached hydrogen (secondary N) is 1. The Morgan fingerprint density at radius 2 is 2.19 bits per heavy atom. The van der Waals surface area contributed by atoms with Gasteiger partial charge in [-0.15, -0.1) is 0 Å². The number of nitrogens with zero attached hydrogens (tertiary/aromatic N) is 4. The van der Waals surface area contributed by atoms with E-state index in [2.05, 4.69) is 15.3 Å². The summed E-state index contributed by atoms with van der Waals surface area (Å²) < 4.78 is 5.13. The van der Waals surface area contributed by atoms with Gasteiger partial charge in [0.05, 0.1) is 7.11 Å². The van der Waals surface area contributed by atoms with Gasteiger partial charge in [-0.3, -0.25) is 4.79 Å². The lowest BCUT2D eigenvalue weighted by Gasteiger charge is -2.34. The van der Waals surface area contributed by atoms with Crippen molar-refractivity contribution < 1.29 is 9.53 Å². The Balaban J connectivity index is 1.68. The minimum absolute atomic E-state index is 0.174. The smallest absolute Gasteiger partial charge is 0.241 e. The molecule has 0 bridgehead atoms. The van der Waals surface area contributed by atoms with E-state index in [9.17, 15) is 4.79 Å². The van der Waals surface area contributed by atoms with E-state index >= 15 is 0 Å². The number of rotatable bonds is 3. The molecule has 1 amide bonds. The van der Waals surface area contributed by atoms with Crippen LogP contribution in [-0.2, 0) is 4.79 Å². The van der Waals surface area contributed by atoms with Gasteiger partial charge in [0.2, 0.25) is 17.7 Å². The van der Waals surface area contributed by atoms with Crippen molar-refractivity contribution in [3.05, 3.63) is 12.3 Å². The average Bonchev–Trinajstić information content (AvgIpc) is 3.09. The van der Waals surface area contributed by atoms with Crippen molar-refractivity contribution in [1.29, 1.82) is 0 Å². The lowest BCUT2D eigenvalue weighted by Crippen LogP contribution is -2.58. The molecule has 2 aliphatic heterocycles. The van der Waals surface area contributed by atoms with Crippen LogP contribution in [0.1, 0.15) is 12.8 Å². The number of amides is 1. The Morgan fingerprint density at radius 3 is 2.95 bits per heavy atom. The molecule has 0 saturated carbocycles. The van der Waals surface area contributed by atoms with Crippen LogP contribution in [0, 0.1) is 0 Å². The third kappa shape index (κ3) is 3.07. The molecule has 0 aliphatic carbocycles. The molecule has 2 fully saturated rings. The first-order valence-electron chi connectivity index (χ1n) is 7.42. The highest BCUT2D eigenvalue weighted by atomic mass is 16.5. The van der Waals surface area contributed by atoms with Crippen LogP contribution in [0.3, 0.4) is 0 Å². The van der Waals surface area contributed by atoms with Crippen LogP contribution in [0.2, 0.25) is 0 Å². The SMILES string of the molecule is COc1ccnc(N2CCNC(C(=O)N3CCCC3)C2)n1. The molecule has 7 nitrogen and oxygen atoms in total. The van der Waals surface area contributed by atoms with Gasteiger partial charge in [-0.25, -0.2) is 4.98 Å². The summed E-state index contributed by atoms with van der Waals surface area (Å²) in [5.41, 5.74) is 0. The van der Waals surface area contributed by atoms with Crippen molar-refractivity contribution in [2.75, 3.05) is 44.7 Å². The number of hydrogen-bond acceptors (Lipinski definition) is 6. The van der Waals surface area contributed by atoms with E-state index in [1.807, 2.05) is 9.80 Å². The number of methoxy groups -OCH3 is 1. The minimum Gasteiger partial charge on any atom is -0.481 e. The van der Waals surface area contributed by atoms with E-state index in [0.29, 0.717) is 18.4 Å². The van der Waals surface area contributed by atoms with Crippen LogP contribution in [0.5, 0.6) is 5.88 Å². The van der Waals surface area contributed by atoms with Crippen LogP contribution >= 0.6 is 0 Å². The number of carbonyl (C=O) groups excluding carboxylic acids is 1. The first-order chi connectivity index (χ1) is 10.3. The third-order valence-electron chi connectivity index (χ3n) is 4.00. The van der Waals surface area contributed by atoms with Gasteiger partial charge in [0.25, 0.3) is 0 Å². The highest BCUT2D eigenvalue weighted by Gasteiger charge is 2.31. The summed E-state index contributed by atoms with van der Waals surface area (Å²) in [5, 5.41) is 3.30. The zero-order valence-electron chi connectivity index (χ0n) is 12.3. The molecule has 0 radical (unpaired) electrons. The quantitative estimate of drug-likeness (QED) is 0.837. The molecule has 1 N–H and O–H groups in total. The van der Waals surface area contributed by atoms with Gasteiger partial charge in [0, 0.05) is 45.0 Å². The van der Waals surface area contributed by atoms with Gasteiger partial charge in [-0.05, 0) is 12.8 Å². The number of piperazine rings is 1. The fraction of sp³-hybridized carbons (Fsp3) is 0.643. The molecule has 1 aromatic heterocycles. The van der Waals surface area contributed by atoms with E-state index in [0.717, 1.165) is 39.0 Å². The van der Waals surface area contributed by atoms with Gasteiger partial charge < -0.3 is 19.9 Å². The Morgan fingerprint density at radius 1 is 1.38 bits per heavy atom. The van der Waals surface area contributed by atoms with Crippen molar-refractivity contribution in [3.63, 3.8) is 0 Å². The Labute approximate surface area is 124 Å². The van der Waals surface area contributed by atoms with Crippen LogP contribution in [0.15, 0.2) is 12.3 Å². The molecule has 114 valence electrons. The second-order valence-corrected chi connectivity index (χ2v) is 5.38. The predicted molar refractivity (Wildman–Crippen MR) is 78.4 cm³/mol. The van der Waals surface area contributed by atoms with Gasteiger partial charge in [0.1, 0.15) is 6.04 Å². The van der Waals surface area contributed by atoms with Crippen LogP contribution in [0.4, 0.5) is 5.95 Å². The fourth-order valence-electron chi connectivity index (χ4n) is 2.85. The molecule has 1 unspecified atom stereocenters. The molecular weight excluding hydrogens is 270 g/mol. The zero-order chi connectivity index (χ0) is 14.7. The molecule has 2 aliphatic rings. The molecule has 3 rings (SSSR count). The van der Waals surface area contributed by atoms with Gasteiger partial charge in [-0.2, -0.15) is 4.98 Å². The molecular formula is C14H21N5O2. The summed E-state index contributed by atoms with van der Waals surface area (Å²) in [6, 6.07) is 1.55. The number of aromatic nitrogens is 2. The number of ether oxygens (including phenoxy) is 1. The van der Waals surface area contributed by atoms with Crippen LogP contribution in [-0.4, -0.2) is 66.7 Å². The summed E-state index contributed by atoms with van der Waals surface area (Å²) in [7, 11) is 1.59. The second-order valence-electron chi connectivity index (χ2n) is 5.38. The van der Waals surface area contributed by atoms with Gasteiger partial charge in [0.15, 0.2) is 0 Å². The topological polar surface area (TPSA) is 70.6 Å². The number of likely N-dealkylation sites (tertiary alicyclic amines) is 1. The number of hydrogen-bond donors (Lipinski definition) is 1. The predicted octanol–water partition coefficient (Wildman–Crippen LogP) is -0.114. The largest absolute Gasteiger partial charge is 0.481 e. The minimum atomic E-state index is -0.174. The highest BCUT2D eigenvalue weighted by Crippen LogP contribution is 2.16. The zero-order valence-corrected chi connectivity index (χ0v) is 12.3. The van der Waals surface area contributed by atoms with Crippen LogP contribution < -0.4 is 15.0 Å². The molecule has 1 atom stereocenters. The molecule has 3 heterocycles. The van der Waals surface area contributed by atoms with E-state index < -0.39 is 0 Å². The summed E-state index contributed by atoms with van der Waals surface area (Å²) in [6.45, 7) is 3.91. The first kappa shape index (κ1) is 14.1. The van der Waals surface area contributed by atoms with Gasteiger partial charge in [-0.1, -0.05) is 0 Å². The third-order valence-corrected chi connectivity index (χ3v) is 4.00.